The topological polar surface area (TPSA) is 148 Å². The molecule has 0 atom stereocenters. The average Bonchev–Trinajstić information content (AvgIpc) is 3.38. The normalized spacial score (nSPS) is 11.3. The van der Waals surface area contributed by atoms with E-state index in [1.54, 1.807) is 55.5 Å². The summed E-state index contributed by atoms with van der Waals surface area (Å²) in [7, 11) is 1.29. The van der Waals surface area contributed by atoms with E-state index in [-0.39, 0.29) is 35.3 Å². The van der Waals surface area contributed by atoms with Crippen molar-refractivity contribution in [2.75, 3.05) is 20.3 Å². The maximum absolute atomic E-state index is 13.5. The number of methoxy groups -OCH3 is 1. The molecule has 0 aliphatic rings. The number of aromatic nitrogens is 2. The number of nitro benzene ring substituents is 1. The number of halogens is 1. The number of benzene rings is 3. The van der Waals surface area contributed by atoms with Crippen LogP contribution in [0.1, 0.15) is 12.5 Å². The Bertz CT molecular complexity index is 1900. The number of para-hydroxylation sites is 1. The van der Waals surface area contributed by atoms with Crippen LogP contribution in [0, 0.1) is 10.1 Å². The van der Waals surface area contributed by atoms with Crippen molar-refractivity contribution in [3.05, 3.63) is 91.7 Å². The summed E-state index contributed by atoms with van der Waals surface area (Å²) in [5.41, 5.74) is 0.197. The van der Waals surface area contributed by atoms with Crippen molar-refractivity contribution in [2.24, 2.45) is 5.10 Å². The Morgan fingerprint density at radius 2 is 2.00 bits per heavy atom. The highest BCUT2D eigenvalue weighted by Crippen LogP contribution is 2.38. The standard InChI is InChI=1S/C28H21ClN4O8/c1-3-39-25(34)15-40-26-21(33(36)37)10-16(11-23(26)38-2)14-30-32-27(31-20-7-5-4-6-19(20)28(32)35)24-13-17-12-18(29)8-9-22(17)41-24/h4-14H,3,15H2,1-2H3. The molecular weight excluding hydrogens is 556 g/mol. The summed E-state index contributed by atoms with van der Waals surface area (Å²) in [6.45, 7) is 1.20. The van der Waals surface area contributed by atoms with Crippen LogP contribution in [0.15, 0.2) is 75.0 Å². The van der Waals surface area contributed by atoms with Crippen LogP contribution in [0.25, 0.3) is 33.5 Å². The number of nitrogens with zero attached hydrogens (tertiary/aromatic N) is 4. The average molecular weight is 577 g/mol. The lowest BCUT2D eigenvalue weighted by atomic mass is 10.2. The molecule has 0 amide bonds. The number of esters is 1. The van der Waals surface area contributed by atoms with E-state index < -0.39 is 28.7 Å². The van der Waals surface area contributed by atoms with Crippen LogP contribution >= 0.6 is 11.6 Å². The second-order valence-corrected chi connectivity index (χ2v) is 8.97. The fourth-order valence-electron chi connectivity index (χ4n) is 4.09. The second-order valence-electron chi connectivity index (χ2n) is 8.53. The van der Waals surface area contributed by atoms with Crippen molar-refractivity contribution in [1.29, 1.82) is 0 Å². The Morgan fingerprint density at radius 3 is 2.76 bits per heavy atom. The molecule has 0 aliphatic carbocycles. The van der Waals surface area contributed by atoms with Gasteiger partial charge in [0.15, 0.2) is 18.1 Å². The number of fused-ring (bicyclic) bond motifs is 2. The van der Waals surface area contributed by atoms with Crippen LogP contribution in [-0.4, -0.2) is 47.1 Å². The first-order valence-electron chi connectivity index (χ1n) is 12.2. The highest BCUT2D eigenvalue weighted by atomic mass is 35.5. The van der Waals surface area contributed by atoms with E-state index in [1.807, 2.05) is 0 Å². The van der Waals surface area contributed by atoms with Crippen LogP contribution in [0.5, 0.6) is 11.5 Å². The maximum Gasteiger partial charge on any atom is 0.344 e. The fraction of sp³-hybridized carbons (Fsp3) is 0.143. The minimum absolute atomic E-state index is 0.0247. The van der Waals surface area contributed by atoms with Crippen molar-refractivity contribution in [2.45, 2.75) is 6.92 Å². The number of carbonyl (C=O) groups is 1. The molecule has 0 spiro atoms. The Labute approximate surface area is 236 Å². The first-order valence-corrected chi connectivity index (χ1v) is 12.6. The van der Waals surface area contributed by atoms with Gasteiger partial charge in [0.1, 0.15) is 5.58 Å². The maximum atomic E-state index is 13.5. The minimum atomic E-state index is -0.696. The van der Waals surface area contributed by atoms with E-state index in [1.165, 1.54) is 25.5 Å². The largest absolute Gasteiger partial charge is 0.493 e. The third kappa shape index (κ3) is 5.58. The number of hydrogen-bond acceptors (Lipinski definition) is 10. The molecule has 0 bridgehead atoms. The lowest BCUT2D eigenvalue weighted by Crippen LogP contribution is -2.20. The SMILES string of the molecule is CCOC(=O)COc1c(OC)cc(C=Nn2c(-c3cc4cc(Cl)ccc4o3)nc3ccccc3c2=O)cc1[N+](=O)[O-]. The predicted octanol–water partition coefficient (Wildman–Crippen LogP) is 5.20. The van der Waals surface area contributed by atoms with Crippen LogP contribution in [0.3, 0.4) is 0 Å². The van der Waals surface area contributed by atoms with Gasteiger partial charge in [-0.1, -0.05) is 23.7 Å². The zero-order chi connectivity index (χ0) is 29.1. The Hall–Kier alpha value is -5.23. The molecule has 2 heterocycles. The summed E-state index contributed by atoms with van der Waals surface area (Å²) in [5, 5.41) is 17.7. The van der Waals surface area contributed by atoms with Gasteiger partial charge in [0.25, 0.3) is 5.56 Å². The van der Waals surface area contributed by atoms with Gasteiger partial charge in [0.05, 0.1) is 35.8 Å². The Kier molecular flexibility index (Phi) is 7.66. The van der Waals surface area contributed by atoms with Crippen LogP contribution < -0.4 is 15.0 Å². The van der Waals surface area contributed by atoms with Crippen molar-refractivity contribution < 1.29 is 28.3 Å². The van der Waals surface area contributed by atoms with Crippen LogP contribution in [0.4, 0.5) is 5.69 Å². The Balaban J connectivity index is 1.62. The smallest absolute Gasteiger partial charge is 0.344 e. The number of furan rings is 1. The molecule has 0 radical (unpaired) electrons. The second kappa shape index (κ2) is 11.5. The van der Waals surface area contributed by atoms with Gasteiger partial charge in [-0.05, 0) is 49.4 Å². The summed E-state index contributed by atoms with van der Waals surface area (Å²) in [6.07, 6.45) is 1.24. The van der Waals surface area contributed by atoms with Crippen molar-refractivity contribution in [3.63, 3.8) is 0 Å². The van der Waals surface area contributed by atoms with Gasteiger partial charge in [0.2, 0.25) is 11.6 Å². The molecule has 0 saturated carbocycles. The lowest BCUT2D eigenvalue weighted by molar-refractivity contribution is -0.385. The molecule has 2 aromatic heterocycles. The van der Waals surface area contributed by atoms with E-state index in [0.717, 1.165) is 4.68 Å². The first-order chi connectivity index (χ1) is 19.8. The summed E-state index contributed by atoms with van der Waals surface area (Å²) in [4.78, 5) is 41.0. The molecule has 0 aliphatic heterocycles. The molecule has 13 heteroatoms. The zero-order valence-electron chi connectivity index (χ0n) is 21.7. The highest BCUT2D eigenvalue weighted by molar-refractivity contribution is 6.31. The zero-order valence-corrected chi connectivity index (χ0v) is 22.5. The molecule has 0 N–H and O–H groups in total. The van der Waals surface area contributed by atoms with Gasteiger partial charge in [0, 0.05) is 22.0 Å². The number of rotatable bonds is 9. The summed E-state index contributed by atoms with van der Waals surface area (Å²) < 4.78 is 22.5. The number of ether oxygens (including phenoxy) is 3. The highest BCUT2D eigenvalue weighted by Gasteiger charge is 2.24. The minimum Gasteiger partial charge on any atom is -0.493 e. The van der Waals surface area contributed by atoms with Crippen molar-refractivity contribution in [3.8, 4) is 23.1 Å². The van der Waals surface area contributed by atoms with Crippen LogP contribution in [-0.2, 0) is 9.53 Å². The molecule has 5 rings (SSSR count). The molecule has 0 unspecified atom stereocenters. The predicted molar refractivity (Wildman–Crippen MR) is 151 cm³/mol. The lowest BCUT2D eigenvalue weighted by Gasteiger charge is -2.11. The van der Waals surface area contributed by atoms with Gasteiger partial charge in [-0.2, -0.15) is 9.78 Å². The van der Waals surface area contributed by atoms with Gasteiger partial charge in [-0.15, -0.1) is 0 Å². The third-order valence-corrected chi connectivity index (χ3v) is 6.12. The molecule has 208 valence electrons. The molecule has 0 fully saturated rings. The molecular formula is C28H21ClN4O8. The molecule has 12 nitrogen and oxygen atoms in total. The van der Waals surface area contributed by atoms with E-state index in [2.05, 4.69) is 10.1 Å². The van der Waals surface area contributed by atoms with E-state index >= 15 is 0 Å². The summed E-state index contributed by atoms with van der Waals surface area (Å²) >= 11 is 6.12. The van der Waals surface area contributed by atoms with E-state index in [0.29, 0.717) is 26.9 Å². The number of carbonyl (C=O) groups excluding carboxylic acids is 1. The van der Waals surface area contributed by atoms with Gasteiger partial charge in [-0.25, -0.2) is 9.78 Å². The van der Waals surface area contributed by atoms with E-state index in [9.17, 15) is 19.7 Å². The van der Waals surface area contributed by atoms with Crippen LogP contribution in [0.2, 0.25) is 5.02 Å². The fourth-order valence-corrected chi connectivity index (χ4v) is 4.27. The monoisotopic (exact) mass is 576 g/mol. The molecule has 3 aromatic carbocycles. The van der Waals surface area contributed by atoms with Crippen molar-refractivity contribution in [1.82, 2.24) is 9.66 Å². The van der Waals surface area contributed by atoms with Gasteiger partial charge >= 0.3 is 11.7 Å². The number of hydrogen-bond donors (Lipinski definition) is 0. The quantitative estimate of drug-likeness (QED) is 0.0998. The van der Waals surface area contributed by atoms with Crippen molar-refractivity contribution >= 4 is 51.3 Å². The van der Waals surface area contributed by atoms with E-state index in [4.69, 9.17) is 30.2 Å². The molecule has 0 saturated heterocycles. The number of nitro groups is 1. The van der Waals surface area contributed by atoms with Gasteiger partial charge < -0.3 is 18.6 Å². The molecule has 5 aromatic rings. The molecule has 41 heavy (non-hydrogen) atoms. The third-order valence-electron chi connectivity index (χ3n) is 5.89. The summed E-state index contributed by atoms with van der Waals surface area (Å²) in [5.74, 6) is -0.614. The summed E-state index contributed by atoms with van der Waals surface area (Å²) in [6, 6.07) is 16.1. The Morgan fingerprint density at radius 1 is 1.20 bits per heavy atom. The van der Waals surface area contributed by atoms with Gasteiger partial charge in [-0.3, -0.25) is 14.9 Å². The first kappa shape index (κ1) is 27.3.